The first kappa shape index (κ1) is 12.8. The first-order chi connectivity index (χ1) is 7.30. The van der Waals surface area contributed by atoms with Gasteiger partial charge < -0.3 is 10.5 Å². The number of hydrogen-bond acceptors (Lipinski definition) is 3. The summed E-state index contributed by atoms with van der Waals surface area (Å²) < 4.78 is 41.1. The van der Waals surface area contributed by atoms with Gasteiger partial charge in [-0.3, -0.25) is 0 Å². The number of pyridine rings is 1. The summed E-state index contributed by atoms with van der Waals surface area (Å²) in [6, 6.07) is 2.76. The third-order valence-corrected chi connectivity index (χ3v) is 2.04. The van der Waals surface area contributed by atoms with Gasteiger partial charge in [0.15, 0.2) is 6.10 Å². The van der Waals surface area contributed by atoms with Crippen LogP contribution >= 0.6 is 0 Å². The van der Waals surface area contributed by atoms with Crippen LogP contribution in [0.2, 0.25) is 0 Å². The van der Waals surface area contributed by atoms with E-state index in [-0.39, 0.29) is 11.9 Å². The second-order valence-electron chi connectivity index (χ2n) is 3.52. The molecule has 1 heterocycles. The molecule has 0 radical (unpaired) electrons. The molecule has 1 rings (SSSR count). The minimum absolute atomic E-state index is 0.0609. The van der Waals surface area contributed by atoms with Gasteiger partial charge in [-0.2, -0.15) is 13.2 Å². The Labute approximate surface area is 91.4 Å². The van der Waals surface area contributed by atoms with Crippen molar-refractivity contribution in [3.05, 3.63) is 23.9 Å². The standard InChI is InChI=1S/C10H13F3N2O/c1-6(14)8-3-4-9(15-5-8)16-7(2)10(11,12)13/h3-7H,14H2,1-2H3/t6-,7?/m0/s1. The van der Waals surface area contributed by atoms with Crippen LogP contribution in [0.25, 0.3) is 0 Å². The van der Waals surface area contributed by atoms with Crippen LogP contribution in [0.3, 0.4) is 0 Å². The average Bonchev–Trinajstić information content (AvgIpc) is 2.17. The minimum Gasteiger partial charge on any atom is -0.465 e. The highest BCUT2D eigenvalue weighted by Gasteiger charge is 2.38. The molecule has 1 aromatic heterocycles. The zero-order valence-electron chi connectivity index (χ0n) is 8.95. The summed E-state index contributed by atoms with van der Waals surface area (Å²) in [4.78, 5) is 3.75. The van der Waals surface area contributed by atoms with E-state index >= 15 is 0 Å². The van der Waals surface area contributed by atoms with Gasteiger partial charge in [0.25, 0.3) is 0 Å². The van der Waals surface area contributed by atoms with E-state index in [0.717, 1.165) is 12.5 Å². The molecule has 0 bridgehead atoms. The lowest BCUT2D eigenvalue weighted by atomic mass is 10.2. The fourth-order valence-corrected chi connectivity index (χ4v) is 0.979. The second kappa shape index (κ2) is 4.69. The Morgan fingerprint density at radius 2 is 1.94 bits per heavy atom. The van der Waals surface area contributed by atoms with Gasteiger partial charge in [0, 0.05) is 18.3 Å². The van der Waals surface area contributed by atoms with Gasteiger partial charge in [-0.25, -0.2) is 4.98 Å². The second-order valence-corrected chi connectivity index (χ2v) is 3.52. The number of alkyl halides is 3. The first-order valence-electron chi connectivity index (χ1n) is 4.75. The maximum atomic E-state index is 12.2. The van der Waals surface area contributed by atoms with Crippen molar-refractivity contribution in [1.82, 2.24) is 4.98 Å². The van der Waals surface area contributed by atoms with Crippen LogP contribution in [0.1, 0.15) is 25.5 Å². The SMILES string of the molecule is CC(Oc1ccc([C@H](C)N)cn1)C(F)(F)F. The van der Waals surface area contributed by atoms with Crippen molar-refractivity contribution < 1.29 is 17.9 Å². The Morgan fingerprint density at radius 3 is 2.31 bits per heavy atom. The molecule has 0 fully saturated rings. The van der Waals surface area contributed by atoms with Crippen molar-refractivity contribution in [2.24, 2.45) is 5.73 Å². The van der Waals surface area contributed by atoms with Crippen LogP contribution < -0.4 is 10.5 Å². The summed E-state index contributed by atoms with van der Waals surface area (Å²) in [7, 11) is 0. The van der Waals surface area contributed by atoms with E-state index < -0.39 is 12.3 Å². The molecule has 0 aliphatic carbocycles. The highest BCUT2D eigenvalue weighted by molar-refractivity contribution is 5.20. The van der Waals surface area contributed by atoms with Gasteiger partial charge in [0.05, 0.1) is 0 Å². The Hall–Kier alpha value is -1.30. The molecule has 0 saturated heterocycles. The Bertz CT molecular complexity index is 335. The van der Waals surface area contributed by atoms with E-state index in [4.69, 9.17) is 5.73 Å². The van der Waals surface area contributed by atoms with Crippen molar-refractivity contribution in [3.8, 4) is 5.88 Å². The number of hydrogen-bond donors (Lipinski definition) is 1. The molecule has 90 valence electrons. The zero-order chi connectivity index (χ0) is 12.3. The molecule has 0 aliphatic heterocycles. The molecule has 1 aromatic rings. The van der Waals surface area contributed by atoms with Gasteiger partial charge in [-0.15, -0.1) is 0 Å². The van der Waals surface area contributed by atoms with Crippen molar-refractivity contribution in [2.75, 3.05) is 0 Å². The Kier molecular flexibility index (Phi) is 3.74. The molecule has 6 heteroatoms. The number of nitrogens with zero attached hydrogens (tertiary/aromatic N) is 1. The lowest BCUT2D eigenvalue weighted by Crippen LogP contribution is -2.31. The zero-order valence-corrected chi connectivity index (χ0v) is 8.95. The van der Waals surface area contributed by atoms with Gasteiger partial charge >= 0.3 is 6.18 Å². The maximum absolute atomic E-state index is 12.2. The molecule has 2 N–H and O–H groups in total. The molecular formula is C10H13F3N2O. The van der Waals surface area contributed by atoms with Gasteiger partial charge in [-0.05, 0) is 19.4 Å². The highest BCUT2D eigenvalue weighted by Crippen LogP contribution is 2.24. The van der Waals surface area contributed by atoms with Crippen molar-refractivity contribution >= 4 is 0 Å². The van der Waals surface area contributed by atoms with Gasteiger partial charge in [0.2, 0.25) is 5.88 Å². The molecule has 2 atom stereocenters. The molecule has 0 aromatic carbocycles. The molecule has 0 spiro atoms. The van der Waals surface area contributed by atoms with Crippen LogP contribution in [0, 0.1) is 0 Å². The van der Waals surface area contributed by atoms with E-state index in [2.05, 4.69) is 9.72 Å². The van der Waals surface area contributed by atoms with E-state index in [1.54, 1.807) is 13.0 Å². The van der Waals surface area contributed by atoms with Crippen LogP contribution in [0.15, 0.2) is 18.3 Å². The van der Waals surface area contributed by atoms with E-state index in [9.17, 15) is 13.2 Å². The van der Waals surface area contributed by atoms with E-state index in [1.165, 1.54) is 12.3 Å². The molecular weight excluding hydrogens is 221 g/mol. The number of ether oxygens (including phenoxy) is 1. The minimum atomic E-state index is -4.39. The summed E-state index contributed by atoms with van der Waals surface area (Å²) in [5, 5.41) is 0. The summed E-state index contributed by atoms with van der Waals surface area (Å²) >= 11 is 0. The fraction of sp³-hybridized carbons (Fsp3) is 0.500. The molecule has 0 aliphatic rings. The number of nitrogens with two attached hydrogens (primary N) is 1. The third kappa shape index (κ3) is 3.37. The normalized spacial score (nSPS) is 15.6. The monoisotopic (exact) mass is 234 g/mol. The predicted octanol–water partition coefficient (Wildman–Crippen LogP) is 2.43. The van der Waals surface area contributed by atoms with Crippen molar-refractivity contribution in [3.63, 3.8) is 0 Å². The topological polar surface area (TPSA) is 48.1 Å². The fourth-order valence-electron chi connectivity index (χ4n) is 0.979. The first-order valence-corrected chi connectivity index (χ1v) is 4.75. The van der Waals surface area contributed by atoms with Crippen LogP contribution in [0.4, 0.5) is 13.2 Å². The molecule has 1 unspecified atom stereocenters. The summed E-state index contributed by atoms with van der Waals surface area (Å²) in [6.07, 6.45) is -4.86. The molecule has 0 saturated carbocycles. The van der Waals surface area contributed by atoms with Gasteiger partial charge in [-0.1, -0.05) is 6.07 Å². The lowest BCUT2D eigenvalue weighted by molar-refractivity contribution is -0.189. The summed E-state index contributed by atoms with van der Waals surface area (Å²) in [5.74, 6) is -0.0609. The van der Waals surface area contributed by atoms with Crippen LogP contribution in [0.5, 0.6) is 5.88 Å². The third-order valence-electron chi connectivity index (χ3n) is 2.04. The largest absolute Gasteiger partial charge is 0.465 e. The van der Waals surface area contributed by atoms with Crippen LogP contribution in [-0.2, 0) is 0 Å². The number of rotatable bonds is 3. The Balaban J connectivity index is 2.69. The Morgan fingerprint density at radius 1 is 1.31 bits per heavy atom. The van der Waals surface area contributed by atoms with Crippen molar-refractivity contribution in [2.45, 2.75) is 32.2 Å². The van der Waals surface area contributed by atoms with Crippen LogP contribution in [-0.4, -0.2) is 17.3 Å². The average molecular weight is 234 g/mol. The quantitative estimate of drug-likeness (QED) is 0.873. The summed E-state index contributed by atoms with van der Waals surface area (Å²) in [6.45, 7) is 2.69. The number of aromatic nitrogens is 1. The predicted molar refractivity (Wildman–Crippen MR) is 53.0 cm³/mol. The molecule has 3 nitrogen and oxygen atoms in total. The van der Waals surface area contributed by atoms with Crippen molar-refractivity contribution in [1.29, 1.82) is 0 Å². The molecule has 16 heavy (non-hydrogen) atoms. The molecule has 0 amide bonds. The van der Waals surface area contributed by atoms with E-state index in [0.29, 0.717) is 0 Å². The maximum Gasteiger partial charge on any atom is 0.425 e. The lowest BCUT2D eigenvalue weighted by Gasteiger charge is -2.17. The van der Waals surface area contributed by atoms with E-state index in [1.807, 2.05) is 0 Å². The van der Waals surface area contributed by atoms with Gasteiger partial charge in [0.1, 0.15) is 0 Å². The summed E-state index contributed by atoms with van der Waals surface area (Å²) in [5.41, 5.74) is 6.32. The number of halogens is 3. The smallest absolute Gasteiger partial charge is 0.425 e. The highest BCUT2D eigenvalue weighted by atomic mass is 19.4.